The minimum atomic E-state index is 0.967. The average molecular weight is 322 g/mol. The highest BCUT2D eigenvalue weighted by atomic mass is 79.9. The molecule has 0 amide bonds. The van der Waals surface area contributed by atoms with Gasteiger partial charge in [-0.3, -0.25) is 0 Å². The Labute approximate surface area is 121 Å². The van der Waals surface area contributed by atoms with Gasteiger partial charge in [-0.1, -0.05) is 39.7 Å². The van der Waals surface area contributed by atoms with Crippen LogP contribution in [0.2, 0.25) is 0 Å². The van der Waals surface area contributed by atoms with E-state index < -0.39 is 0 Å². The van der Waals surface area contributed by atoms with E-state index in [0.717, 1.165) is 22.5 Å². The summed E-state index contributed by atoms with van der Waals surface area (Å²) in [6, 6.07) is 16.9. The van der Waals surface area contributed by atoms with Gasteiger partial charge in [0.25, 0.3) is 0 Å². The average Bonchev–Trinajstić information content (AvgIpc) is 2.37. The van der Waals surface area contributed by atoms with Crippen LogP contribution in [-0.2, 0) is 0 Å². The van der Waals surface area contributed by atoms with Crippen LogP contribution >= 0.6 is 27.7 Å². The molecule has 18 heavy (non-hydrogen) atoms. The van der Waals surface area contributed by atoms with Gasteiger partial charge in [0.15, 0.2) is 0 Å². The van der Waals surface area contributed by atoms with Crippen molar-refractivity contribution >= 4 is 33.4 Å². The minimum Gasteiger partial charge on any atom is -0.384 e. The Morgan fingerprint density at radius 3 is 2.61 bits per heavy atom. The second-order valence-corrected chi connectivity index (χ2v) is 6.18. The van der Waals surface area contributed by atoms with E-state index in [4.69, 9.17) is 0 Å². The van der Waals surface area contributed by atoms with Crippen LogP contribution in [0.4, 0.5) is 5.69 Å². The van der Waals surface area contributed by atoms with E-state index in [1.165, 1.54) is 10.5 Å². The summed E-state index contributed by atoms with van der Waals surface area (Å²) >= 11 is 5.35. The highest BCUT2D eigenvalue weighted by Gasteiger charge is 1.95. The largest absolute Gasteiger partial charge is 0.384 e. The van der Waals surface area contributed by atoms with Crippen LogP contribution < -0.4 is 5.32 Å². The van der Waals surface area contributed by atoms with Crippen LogP contribution in [0.1, 0.15) is 5.56 Å². The maximum Gasteiger partial charge on any atom is 0.0351 e. The van der Waals surface area contributed by atoms with Crippen molar-refractivity contribution in [2.24, 2.45) is 0 Å². The maximum atomic E-state index is 3.47. The van der Waals surface area contributed by atoms with Crippen molar-refractivity contribution in [2.75, 3.05) is 17.6 Å². The molecule has 0 aliphatic heterocycles. The molecular formula is C15H16BrNS. The van der Waals surface area contributed by atoms with E-state index in [1.54, 1.807) is 0 Å². The number of benzene rings is 2. The zero-order valence-corrected chi connectivity index (χ0v) is 12.7. The van der Waals surface area contributed by atoms with Gasteiger partial charge in [-0.05, 0) is 37.3 Å². The third-order valence-electron chi connectivity index (χ3n) is 2.55. The van der Waals surface area contributed by atoms with Crippen LogP contribution in [0, 0.1) is 6.92 Å². The minimum absolute atomic E-state index is 0.967. The molecule has 2 aromatic rings. The zero-order valence-electron chi connectivity index (χ0n) is 10.3. The van der Waals surface area contributed by atoms with Crippen molar-refractivity contribution in [3.63, 3.8) is 0 Å². The van der Waals surface area contributed by atoms with Gasteiger partial charge < -0.3 is 5.32 Å². The lowest BCUT2D eigenvalue weighted by atomic mass is 10.2. The second kappa shape index (κ2) is 6.86. The Bertz CT molecular complexity index is 496. The molecule has 0 fully saturated rings. The Balaban J connectivity index is 1.74. The topological polar surface area (TPSA) is 12.0 Å². The van der Waals surface area contributed by atoms with Crippen LogP contribution in [0.25, 0.3) is 0 Å². The summed E-state index contributed by atoms with van der Waals surface area (Å²) in [4.78, 5) is 1.33. The summed E-state index contributed by atoms with van der Waals surface area (Å²) in [7, 11) is 0. The van der Waals surface area contributed by atoms with Crippen molar-refractivity contribution in [2.45, 2.75) is 11.8 Å². The Kier molecular flexibility index (Phi) is 5.14. The molecule has 0 saturated heterocycles. The predicted octanol–water partition coefficient (Wildman–Crippen LogP) is 4.96. The smallest absolute Gasteiger partial charge is 0.0351 e. The molecule has 2 rings (SSSR count). The quantitative estimate of drug-likeness (QED) is 0.617. The Hall–Kier alpha value is -0.930. The van der Waals surface area contributed by atoms with Crippen molar-refractivity contribution in [1.82, 2.24) is 0 Å². The summed E-state index contributed by atoms with van der Waals surface area (Å²) in [6.07, 6.45) is 0. The number of hydrogen-bond acceptors (Lipinski definition) is 2. The molecule has 2 aromatic carbocycles. The first kappa shape index (κ1) is 13.5. The fraction of sp³-hybridized carbons (Fsp3) is 0.200. The first-order valence-electron chi connectivity index (χ1n) is 5.93. The third-order valence-corrected chi connectivity index (χ3v) is 4.05. The number of halogens is 1. The molecule has 1 nitrogen and oxygen atoms in total. The first-order chi connectivity index (χ1) is 8.74. The lowest BCUT2D eigenvalue weighted by molar-refractivity contribution is 1.22. The highest BCUT2D eigenvalue weighted by molar-refractivity contribution is 9.10. The summed E-state index contributed by atoms with van der Waals surface area (Å²) in [6.45, 7) is 3.08. The molecule has 0 atom stereocenters. The van der Waals surface area contributed by atoms with Crippen LogP contribution in [0.3, 0.4) is 0 Å². The van der Waals surface area contributed by atoms with Gasteiger partial charge in [0.2, 0.25) is 0 Å². The Morgan fingerprint density at radius 1 is 1.11 bits per heavy atom. The standard InChI is InChI=1S/C15H16BrNS/c1-12-5-7-15(8-6-12)18-10-9-17-14-4-2-3-13(16)11-14/h2-8,11,17H,9-10H2,1H3. The number of aryl methyl sites for hydroxylation is 1. The molecule has 3 heteroatoms. The molecule has 0 saturated carbocycles. The van der Waals surface area contributed by atoms with E-state index in [0.29, 0.717) is 0 Å². The molecular weight excluding hydrogens is 306 g/mol. The molecule has 1 N–H and O–H groups in total. The fourth-order valence-corrected chi connectivity index (χ4v) is 2.76. The monoisotopic (exact) mass is 321 g/mol. The molecule has 0 heterocycles. The summed E-state index contributed by atoms with van der Waals surface area (Å²) < 4.78 is 1.11. The molecule has 0 spiro atoms. The molecule has 0 bridgehead atoms. The SMILES string of the molecule is Cc1ccc(SCCNc2cccc(Br)c2)cc1. The number of anilines is 1. The molecule has 0 radical (unpaired) electrons. The summed E-state index contributed by atoms with van der Waals surface area (Å²) in [5, 5.41) is 3.42. The number of hydrogen-bond donors (Lipinski definition) is 1. The van der Waals surface area contributed by atoms with Gasteiger partial charge in [-0.2, -0.15) is 0 Å². The summed E-state index contributed by atoms with van der Waals surface area (Å²) in [5.74, 6) is 1.07. The van der Waals surface area contributed by atoms with Crippen molar-refractivity contribution in [1.29, 1.82) is 0 Å². The van der Waals surface area contributed by atoms with Gasteiger partial charge in [-0.25, -0.2) is 0 Å². The van der Waals surface area contributed by atoms with E-state index in [9.17, 15) is 0 Å². The van der Waals surface area contributed by atoms with Gasteiger partial charge in [-0.15, -0.1) is 11.8 Å². The first-order valence-corrected chi connectivity index (χ1v) is 7.71. The molecule has 0 unspecified atom stereocenters. The van der Waals surface area contributed by atoms with Gasteiger partial charge in [0.05, 0.1) is 0 Å². The van der Waals surface area contributed by atoms with Gasteiger partial charge in [0.1, 0.15) is 0 Å². The second-order valence-electron chi connectivity index (χ2n) is 4.10. The molecule has 0 aromatic heterocycles. The van der Waals surface area contributed by atoms with E-state index in [1.807, 2.05) is 23.9 Å². The van der Waals surface area contributed by atoms with Crippen LogP contribution in [-0.4, -0.2) is 12.3 Å². The maximum absolute atomic E-state index is 3.47. The van der Waals surface area contributed by atoms with Crippen molar-refractivity contribution in [3.8, 4) is 0 Å². The lowest BCUT2D eigenvalue weighted by Crippen LogP contribution is -2.03. The van der Waals surface area contributed by atoms with Crippen LogP contribution in [0.5, 0.6) is 0 Å². The number of nitrogens with one attached hydrogen (secondary N) is 1. The van der Waals surface area contributed by atoms with Crippen molar-refractivity contribution in [3.05, 3.63) is 58.6 Å². The predicted molar refractivity (Wildman–Crippen MR) is 84.5 cm³/mol. The third kappa shape index (κ3) is 4.39. The van der Waals surface area contributed by atoms with Crippen LogP contribution in [0.15, 0.2) is 57.9 Å². The Morgan fingerprint density at radius 2 is 1.89 bits per heavy atom. The number of rotatable bonds is 5. The van der Waals surface area contributed by atoms with Crippen molar-refractivity contribution < 1.29 is 0 Å². The molecule has 0 aliphatic carbocycles. The number of thioether (sulfide) groups is 1. The molecule has 94 valence electrons. The van der Waals surface area contributed by atoms with E-state index in [2.05, 4.69) is 64.6 Å². The van der Waals surface area contributed by atoms with Gasteiger partial charge >= 0.3 is 0 Å². The molecule has 0 aliphatic rings. The van der Waals surface area contributed by atoms with E-state index >= 15 is 0 Å². The van der Waals surface area contributed by atoms with E-state index in [-0.39, 0.29) is 0 Å². The fourth-order valence-electron chi connectivity index (χ4n) is 1.60. The zero-order chi connectivity index (χ0) is 12.8. The summed E-state index contributed by atoms with van der Waals surface area (Å²) in [5.41, 5.74) is 2.47. The van der Waals surface area contributed by atoms with Gasteiger partial charge in [0, 0.05) is 27.4 Å². The lowest BCUT2D eigenvalue weighted by Gasteiger charge is -2.06. The normalized spacial score (nSPS) is 10.3. The highest BCUT2D eigenvalue weighted by Crippen LogP contribution is 2.19.